The molecule has 1 N–H and O–H groups in total. The van der Waals surface area contributed by atoms with E-state index in [1.54, 1.807) is 12.1 Å². The van der Waals surface area contributed by atoms with Crippen LogP contribution in [-0.2, 0) is 6.54 Å². The second kappa shape index (κ2) is 5.04. The molecule has 0 amide bonds. The average Bonchev–Trinajstić information content (AvgIpc) is 2.27. The number of halogens is 1. The maximum atomic E-state index is 9.51. The predicted molar refractivity (Wildman–Crippen MR) is 65.9 cm³/mol. The molecule has 1 fully saturated rings. The molecule has 1 aliphatic rings. The molecule has 0 aromatic heterocycles. The van der Waals surface area contributed by atoms with Crippen LogP contribution < -0.4 is 0 Å². The highest BCUT2D eigenvalue weighted by Gasteiger charge is 2.14. The van der Waals surface area contributed by atoms with E-state index in [-0.39, 0.29) is 5.75 Å². The van der Waals surface area contributed by atoms with Crippen LogP contribution in [0.1, 0.15) is 5.56 Å². The predicted octanol–water partition coefficient (Wildman–Crippen LogP) is 1.79. The van der Waals surface area contributed by atoms with Gasteiger partial charge in [0, 0.05) is 32.7 Å². The van der Waals surface area contributed by atoms with Crippen molar-refractivity contribution in [1.29, 1.82) is 0 Å². The first-order valence-electron chi connectivity index (χ1n) is 5.53. The van der Waals surface area contributed by atoms with Crippen LogP contribution in [0.5, 0.6) is 5.75 Å². The van der Waals surface area contributed by atoms with E-state index in [4.69, 9.17) is 11.6 Å². The van der Waals surface area contributed by atoms with Crippen LogP contribution in [0.4, 0.5) is 0 Å². The summed E-state index contributed by atoms with van der Waals surface area (Å²) in [5.41, 5.74) is 1.12. The third-order valence-corrected chi connectivity index (χ3v) is 3.33. The highest BCUT2D eigenvalue weighted by atomic mass is 35.5. The van der Waals surface area contributed by atoms with Gasteiger partial charge in [0.05, 0.1) is 5.02 Å². The topological polar surface area (TPSA) is 26.7 Å². The first-order chi connectivity index (χ1) is 7.65. The Hall–Kier alpha value is -0.770. The molecule has 0 atom stereocenters. The molecule has 2 rings (SSSR count). The van der Waals surface area contributed by atoms with Crippen molar-refractivity contribution in [3.63, 3.8) is 0 Å². The summed E-state index contributed by atoms with van der Waals surface area (Å²) >= 11 is 5.77. The summed E-state index contributed by atoms with van der Waals surface area (Å²) in [6.45, 7) is 5.28. The van der Waals surface area contributed by atoms with Crippen molar-refractivity contribution in [1.82, 2.24) is 9.80 Å². The van der Waals surface area contributed by atoms with Gasteiger partial charge in [-0.1, -0.05) is 17.7 Å². The minimum absolute atomic E-state index is 0.174. The van der Waals surface area contributed by atoms with Gasteiger partial charge < -0.3 is 10.0 Å². The Kier molecular flexibility index (Phi) is 3.69. The quantitative estimate of drug-likeness (QED) is 0.854. The zero-order valence-electron chi connectivity index (χ0n) is 9.49. The molecule has 0 radical (unpaired) electrons. The van der Waals surface area contributed by atoms with Crippen LogP contribution in [0.2, 0.25) is 5.02 Å². The zero-order valence-corrected chi connectivity index (χ0v) is 10.2. The molecule has 1 aromatic carbocycles. The largest absolute Gasteiger partial charge is 0.506 e. The summed E-state index contributed by atoms with van der Waals surface area (Å²) in [5, 5.41) is 9.93. The van der Waals surface area contributed by atoms with Gasteiger partial charge in [0.1, 0.15) is 5.75 Å². The van der Waals surface area contributed by atoms with Gasteiger partial charge in [0.15, 0.2) is 0 Å². The molecule has 0 spiro atoms. The number of hydrogen-bond donors (Lipinski definition) is 1. The van der Waals surface area contributed by atoms with Gasteiger partial charge in [-0.3, -0.25) is 4.90 Å². The molecule has 1 heterocycles. The van der Waals surface area contributed by atoms with Crippen molar-refractivity contribution >= 4 is 11.6 Å². The molecule has 0 unspecified atom stereocenters. The molecule has 4 heteroatoms. The second-order valence-corrected chi connectivity index (χ2v) is 4.77. The van der Waals surface area contributed by atoms with Gasteiger partial charge in [0.25, 0.3) is 0 Å². The van der Waals surface area contributed by atoms with Crippen LogP contribution >= 0.6 is 11.6 Å². The smallest absolute Gasteiger partial charge is 0.134 e. The fourth-order valence-electron chi connectivity index (χ4n) is 1.92. The molecule has 0 saturated carbocycles. The Bertz CT molecular complexity index is 362. The monoisotopic (exact) mass is 240 g/mol. The van der Waals surface area contributed by atoms with E-state index in [9.17, 15) is 5.11 Å². The number of aromatic hydroxyl groups is 1. The minimum atomic E-state index is 0.174. The van der Waals surface area contributed by atoms with Gasteiger partial charge in [-0.25, -0.2) is 0 Å². The van der Waals surface area contributed by atoms with Crippen molar-refractivity contribution in [2.75, 3.05) is 33.2 Å². The summed E-state index contributed by atoms with van der Waals surface area (Å²) in [6, 6.07) is 5.48. The van der Waals surface area contributed by atoms with E-state index in [1.807, 2.05) is 6.07 Å². The Morgan fingerprint density at radius 1 is 1.25 bits per heavy atom. The van der Waals surface area contributed by atoms with E-state index >= 15 is 0 Å². The number of nitrogens with zero attached hydrogens (tertiary/aromatic N) is 2. The van der Waals surface area contributed by atoms with Crippen LogP contribution in [0.3, 0.4) is 0 Å². The first-order valence-corrected chi connectivity index (χ1v) is 5.91. The Balaban J connectivity index is 1.96. The van der Waals surface area contributed by atoms with Crippen molar-refractivity contribution in [2.24, 2.45) is 0 Å². The van der Waals surface area contributed by atoms with Crippen molar-refractivity contribution < 1.29 is 5.11 Å². The molecule has 0 aliphatic carbocycles. The molecular formula is C12H17ClN2O. The normalized spacial score (nSPS) is 18.9. The Morgan fingerprint density at radius 3 is 2.56 bits per heavy atom. The Labute approximate surface area is 101 Å². The van der Waals surface area contributed by atoms with Crippen LogP contribution in [0.25, 0.3) is 0 Å². The fourth-order valence-corrected chi connectivity index (χ4v) is 2.04. The summed E-state index contributed by atoms with van der Waals surface area (Å²) in [6.07, 6.45) is 0. The van der Waals surface area contributed by atoms with E-state index in [1.165, 1.54) is 0 Å². The minimum Gasteiger partial charge on any atom is -0.506 e. The first kappa shape index (κ1) is 11.7. The average molecular weight is 241 g/mol. The maximum absolute atomic E-state index is 9.51. The van der Waals surface area contributed by atoms with E-state index in [2.05, 4.69) is 16.8 Å². The molecule has 1 aromatic rings. The van der Waals surface area contributed by atoms with Crippen LogP contribution in [-0.4, -0.2) is 48.1 Å². The highest BCUT2D eigenvalue weighted by Crippen LogP contribution is 2.24. The SMILES string of the molecule is CN1CCN(Cc2ccc(Cl)c(O)c2)CC1. The number of hydrogen-bond acceptors (Lipinski definition) is 3. The number of piperazine rings is 1. The van der Waals surface area contributed by atoms with Gasteiger partial charge in [-0.15, -0.1) is 0 Å². The van der Waals surface area contributed by atoms with Gasteiger partial charge in [0.2, 0.25) is 0 Å². The fraction of sp³-hybridized carbons (Fsp3) is 0.500. The highest BCUT2D eigenvalue weighted by molar-refractivity contribution is 6.31. The summed E-state index contributed by atoms with van der Waals surface area (Å²) in [5.74, 6) is 0.174. The number of benzene rings is 1. The van der Waals surface area contributed by atoms with E-state index < -0.39 is 0 Å². The molecule has 3 nitrogen and oxygen atoms in total. The number of phenols is 1. The summed E-state index contributed by atoms with van der Waals surface area (Å²) in [4.78, 5) is 4.72. The Morgan fingerprint density at radius 2 is 1.94 bits per heavy atom. The van der Waals surface area contributed by atoms with Crippen LogP contribution in [0, 0.1) is 0 Å². The molecule has 1 saturated heterocycles. The molecule has 0 bridgehead atoms. The number of likely N-dealkylation sites (N-methyl/N-ethyl adjacent to an activating group) is 1. The molecule has 88 valence electrons. The zero-order chi connectivity index (χ0) is 11.5. The lowest BCUT2D eigenvalue weighted by Gasteiger charge is -2.32. The lowest BCUT2D eigenvalue weighted by molar-refractivity contribution is 0.148. The number of phenolic OH excluding ortho intramolecular Hbond substituents is 1. The van der Waals surface area contributed by atoms with Crippen molar-refractivity contribution in [3.05, 3.63) is 28.8 Å². The van der Waals surface area contributed by atoms with Gasteiger partial charge in [-0.2, -0.15) is 0 Å². The third-order valence-electron chi connectivity index (χ3n) is 3.01. The van der Waals surface area contributed by atoms with Crippen molar-refractivity contribution in [3.8, 4) is 5.75 Å². The lowest BCUT2D eigenvalue weighted by Crippen LogP contribution is -2.43. The molecular weight excluding hydrogens is 224 g/mol. The molecule has 1 aliphatic heterocycles. The number of rotatable bonds is 2. The van der Waals surface area contributed by atoms with E-state index in [0.717, 1.165) is 38.3 Å². The lowest BCUT2D eigenvalue weighted by atomic mass is 10.2. The summed E-state index contributed by atoms with van der Waals surface area (Å²) < 4.78 is 0. The van der Waals surface area contributed by atoms with Crippen molar-refractivity contribution in [2.45, 2.75) is 6.54 Å². The second-order valence-electron chi connectivity index (χ2n) is 4.37. The van der Waals surface area contributed by atoms with E-state index in [0.29, 0.717) is 5.02 Å². The van der Waals surface area contributed by atoms with Gasteiger partial charge >= 0.3 is 0 Å². The maximum Gasteiger partial charge on any atom is 0.134 e. The van der Waals surface area contributed by atoms with Crippen LogP contribution in [0.15, 0.2) is 18.2 Å². The standard InChI is InChI=1S/C12H17ClN2O/c1-14-4-6-15(7-5-14)9-10-2-3-11(13)12(16)8-10/h2-3,8,16H,4-7,9H2,1H3. The van der Waals surface area contributed by atoms with Gasteiger partial charge in [-0.05, 0) is 24.7 Å². The summed E-state index contributed by atoms with van der Waals surface area (Å²) in [7, 11) is 2.14. The molecule has 16 heavy (non-hydrogen) atoms. The third kappa shape index (κ3) is 2.88.